The van der Waals surface area contributed by atoms with Gasteiger partial charge in [0.05, 0.1) is 17.3 Å². The maximum absolute atomic E-state index is 5.34. The molecule has 3 nitrogen and oxygen atoms in total. The number of hydrogen-bond donors (Lipinski definition) is 0. The summed E-state index contributed by atoms with van der Waals surface area (Å²) in [6.07, 6.45) is 3.48. The van der Waals surface area contributed by atoms with Crippen molar-refractivity contribution in [2.24, 2.45) is 7.05 Å². The van der Waals surface area contributed by atoms with E-state index >= 15 is 0 Å². The molecule has 92 valence electrons. The van der Waals surface area contributed by atoms with Gasteiger partial charge >= 0.3 is 0 Å². The number of fused-ring (bicyclic) bond motifs is 1. The van der Waals surface area contributed by atoms with Crippen molar-refractivity contribution < 1.29 is 4.42 Å². The van der Waals surface area contributed by atoms with Gasteiger partial charge in [0.25, 0.3) is 0 Å². The van der Waals surface area contributed by atoms with Crippen LogP contribution in [0.2, 0.25) is 0 Å². The molecule has 0 N–H and O–H groups in total. The smallest absolute Gasteiger partial charge is 0.110 e. The van der Waals surface area contributed by atoms with Crippen LogP contribution < -0.4 is 0 Å². The Morgan fingerprint density at radius 3 is 2.94 bits per heavy atom. The number of benzene rings is 1. The van der Waals surface area contributed by atoms with E-state index in [2.05, 4.69) is 38.6 Å². The molecular weight excluding hydrogens is 292 g/mol. The number of nitrogens with zero attached hydrogens (tertiary/aromatic N) is 2. The highest BCUT2D eigenvalue weighted by Crippen LogP contribution is 2.20. The molecule has 1 aromatic carbocycles. The van der Waals surface area contributed by atoms with Gasteiger partial charge in [0, 0.05) is 24.4 Å². The van der Waals surface area contributed by atoms with E-state index in [-0.39, 0.29) is 0 Å². The van der Waals surface area contributed by atoms with Crippen molar-refractivity contribution in [1.82, 2.24) is 9.55 Å². The van der Waals surface area contributed by atoms with Crippen molar-refractivity contribution in [3.8, 4) is 0 Å². The lowest BCUT2D eigenvalue weighted by Crippen LogP contribution is -1.99. The predicted molar refractivity (Wildman–Crippen MR) is 74.5 cm³/mol. The Hall–Kier alpha value is -1.55. The van der Waals surface area contributed by atoms with Crippen LogP contribution in [-0.4, -0.2) is 9.55 Å². The van der Waals surface area contributed by atoms with E-state index in [9.17, 15) is 0 Å². The lowest BCUT2D eigenvalue weighted by atomic mass is 10.2. The molecular formula is C14H13BrN2O. The Morgan fingerprint density at radius 1 is 1.28 bits per heavy atom. The lowest BCUT2D eigenvalue weighted by molar-refractivity contribution is 0.505. The molecule has 2 heterocycles. The molecule has 2 aromatic heterocycles. The first-order chi connectivity index (χ1) is 8.74. The van der Waals surface area contributed by atoms with Gasteiger partial charge in [-0.2, -0.15) is 0 Å². The van der Waals surface area contributed by atoms with Gasteiger partial charge in [-0.25, -0.2) is 4.98 Å². The first-order valence-corrected chi connectivity index (χ1v) is 6.66. The molecule has 0 saturated carbocycles. The predicted octanol–water partition coefficient (Wildman–Crippen LogP) is 3.71. The topological polar surface area (TPSA) is 31.0 Å². The second kappa shape index (κ2) is 4.61. The van der Waals surface area contributed by atoms with E-state index in [0.717, 1.165) is 39.9 Å². The summed E-state index contributed by atoms with van der Waals surface area (Å²) in [7, 11) is 2.06. The Balaban J connectivity index is 1.90. The first-order valence-electron chi connectivity index (χ1n) is 5.87. The molecule has 3 aromatic rings. The molecule has 0 fully saturated rings. The zero-order valence-corrected chi connectivity index (χ0v) is 11.6. The minimum absolute atomic E-state index is 0.880. The summed E-state index contributed by atoms with van der Waals surface area (Å²) >= 11 is 3.47. The summed E-state index contributed by atoms with van der Waals surface area (Å²) in [5, 5.41) is 0. The molecule has 0 atom stereocenters. The average Bonchev–Trinajstić information content (AvgIpc) is 2.95. The third-order valence-corrected chi connectivity index (χ3v) is 3.60. The number of aromatic nitrogens is 2. The SMILES string of the molecule is Cn1c(CCc2ccco2)nc2cc(Br)ccc21. The summed E-state index contributed by atoms with van der Waals surface area (Å²) in [6.45, 7) is 0. The number of hydrogen-bond acceptors (Lipinski definition) is 2. The fourth-order valence-electron chi connectivity index (χ4n) is 2.14. The Kier molecular flexibility index (Phi) is 2.96. The van der Waals surface area contributed by atoms with E-state index in [4.69, 9.17) is 4.42 Å². The number of halogens is 1. The average molecular weight is 305 g/mol. The van der Waals surface area contributed by atoms with Gasteiger partial charge in [0.1, 0.15) is 11.6 Å². The summed E-state index contributed by atoms with van der Waals surface area (Å²) in [5.74, 6) is 2.09. The van der Waals surface area contributed by atoms with E-state index in [1.54, 1.807) is 6.26 Å². The molecule has 4 heteroatoms. The number of furan rings is 1. The molecule has 0 radical (unpaired) electrons. The molecule has 18 heavy (non-hydrogen) atoms. The highest BCUT2D eigenvalue weighted by Gasteiger charge is 2.08. The molecule has 3 rings (SSSR count). The van der Waals surface area contributed by atoms with Crippen molar-refractivity contribution >= 4 is 27.0 Å². The molecule has 0 unspecified atom stereocenters. The highest BCUT2D eigenvalue weighted by molar-refractivity contribution is 9.10. The van der Waals surface area contributed by atoms with Gasteiger partial charge in [-0.1, -0.05) is 15.9 Å². The maximum Gasteiger partial charge on any atom is 0.110 e. The molecule has 0 spiro atoms. The van der Waals surface area contributed by atoms with Crippen molar-refractivity contribution in [3.05, 3.63) is 52.7 Å². The molecule has 0 bridgehead atoms. The second-order valence-electron chi connectivity index (χ2n) is 4.30. The number of rotatable bonds is 3. The van der Waals surface area contributed by atoms with Crippen LogP contribution in [0.5, 0.6) is 0 Å². The van der Waals surface area contributed by atoms with Crippen LogP contribution in [0.3, 0.4) is 0 Å². The molecule has 0 aliphatic rings. The van der Waals surface area contributed by atoms with E-state index in [1.807, 2.05) is 24.3 Å². The number of aryl methyl sites for hydroxylation is 3. The molecule has 0 aliphatic carbocycles. The van der Waals surface area contributed by atoms with E-state index < -0.39 is 0 Å². The Bertz CT molecular complexity index is 670. The minimum Gasteiger partial charge on any atom is -0.469 e. The van der Waals surface area contributed by atoms with Crippen LogP contribution in [0.15, 0.2) is 45.5 Å². The Labute approximate surface area is 114 Å². The van der Waals surface area contributed by atoms with Crippen LogP contribution in [0.4, 0.5) is 0 Å². The van der Waals surface area contributed by atoms with Crippen LogP contribution in [0, 0.1) is 0 Å². The van der Waals surface area contributed by atoms with Crippen LogP contribution >= 0.6 is 15.9 Å². The summed E-state index contributed by atoms with van der Waals surface area (Å²) in [4.78, 5) is 4.66. The summed E-state index contributed by atoms with van der Waals surface area (Å²) in [6, 6.07) is 10.1. The first kappa shape index (κ1) is 11.5. The normalized spacial score (nSPS) is 11.2. The van der Waals surface area contributed by atoms with E-state index in [1.165, 1.54) is 0 Å². The Morgan fingerprint density at radius 2 is 2.17 bits per heavy atom. The fraction of sp³-hybridized carbons (Fsp3) is 0.214. The van der Waals surface area contributed by atoms with Gasteiger partial charge in [-0.05, 0) is 30.3 Å². The monoisotopic (exact) mass is 304 g/mol. The summed E-state index contributed by atoms with van der Waals surface area (Å²) in [5.41, 5.74) is 2.19. The second-order valence-corrected chi connectivity index (χ2v) is 5.22. The minimum atomic E-state index is 0.880. The van der Waals surface area contributed by atoms with Crippen molar-refractivity contribution in [1.29, 1.82) is 0 Å². The third-order valence-electron chi connectivity index (χ3n) is 3.11. The zero-order valence-electron chi connectivity index (χ0n) is 10.1. The highest BCUT2D eigenvalue weighted by atomic mass is 79.9. The van der Waals surface area contributed by atoms with Crippen molar-refractivity contribution in [2.75, 3.05) is 0 Å². The van der Waals surface area contributed by atoms with Gasteiger partial charge in [-0.15, -0.1) is 0 Å². The molecule has 0 aliphatic heterocycles. The fourth-order valence-corrected chi connectivity index (χ4v) is 2.49. The van der Waals surface area contributed by atoms with Crippen LogP contribution in [0.25, 0.3) is 11.0 Å². The van der Waals surface area contributed by atoms with Gasteiger partial charge in [0.2, 0.25) is 0 Å². The van der Waals surface area contributed by atoms with Crippen LogP contribution in [-0.2, 0) is 19.9 Å². The van der Waals surface area contributed by atoms with Crippen LogP contribution in [0.1, 0.15) is 11.6 Å². The standard InChI is InChI=1S/C14H13BrN2O/c1-17-13-6-4-10(15)9-12(13)16-14(17)7-5-11-3-2-8-18-11/h2-4,6,8-9H,5,7H2,1H3. The van der Waals surface area contributed by atoms with Gasteiger partial charge < -0.3 is 8.98 Å². The quantitative estimate of drug-likeness (QED) is 0.738. The third kappa shape index (κ3) is 2.08. The largest absolute Gasteiger partial charge is 0.469 e. The zero-order chi connectivity index (χ0) is 12.5. The molecule has 0 amide bonds. The van der Waals surface area contributed by atoms with E-state index in [0.29, 0.717) is 0 Å². The van der Waals surface area contributed by atoms with Gasteiger partial charge in [0.15, 0.2) is 0 Å². The summed E-state index contributed by atoms with van der Waals surface area (Å²) < 4.78 is 8.55. The van der Waals surface area contributed by atoms with Crippen molar-refractivity contribution in [3.63, 3.8) is 0 Å². The van der Waals surface area contributed by atoms with Gasteiger partial charge in [-0.3, -0.25) is 0 Å². The lowest BCUT2D eigenvalue weighted by Gasteiger charge is -2.00. The van der Waals surface area contributed by atoms with Crippen molar-refractivity contribution in [2.45, 2.75) is 12.8 Å². The number of imidazole rings is 1. The maximum atomic E-state index is 5.34. The molecule has 0 saturated heterocycles.